The number of hydrogen-bond acceptors (Lipinski definition) is 2. The maximum atomic E-state index is 12.8. The van der Waals surface area contributed by atoms with Crippen molar-refractivity contribution in [2.24, 2.45) is 0 Å². The van der Waals surface area contributed by atoms with Crippen LogP contribution < -0.4 is 5.32 Å². The van der Waals surface area contributed by atoms with Gasteiger partial charge >= 0.3 is 0 Å². The molecule has 110 valence electrons. The molecule has 0 aromatic heterocycles. The molecular formula is C16H15BrFNOS. The molecular weight excluding hydrogens is 353 g/mol. The van der Waals surface area contributed by atoms with E-state index < -0.39 is 0 Å². The highest BCUT2D eigenvalue weighted by atomic mass is 79.9. The van der Waals surface area contributed by atoms with Crippen LogP contribution in [0.3, 0.4) is 0 Å². The molecule has 0 radical (unpaired) electrons. The Kier molecular flexibility index (Phi) is 5.82. The molecule has 2 aromatic carbocycles. The van der Waals surface area contributed by atoms with Gasteiger partial charge in [0.25, 0.3) is 0 Å². The Morgan fingerprint density at radius 1 is 1.19 bits per heavy atom. The lowest BCUT2D eigenvalue weighted by molar-refractivity contribution is -0.119. The quantitative estimate of drug-likeness (QED) is 0.784. The molecule has 0 saturated heterocycles. The first-order chi connectivity index (χ1) is 10.0. The molecule has 1 unspecified atom stereocenters. The highest BCUT2D eigenvalue weighted by Gasteiger charge is 2.09. The SMILES string of the molecule is CC(NC(=O)CSc1ccc(F)cc1)c1ccc(Br)cc1. The average molecular weight is 368 g/mol. The smallest absolute Gasteiger partial charge is 0.230 e. The Morgan fingerprint density at radius 2 is 1.81 bits per heavy atom. The standard InChI is InChI=1S/C16H15BrFNOS/c1-11(12-2-4-13(17)5-3-12)19-16(20)10-21-15-8-6-14(18)7-9-15/h2-9,11H,10H2,1H3,(H,19,20). The highest BCUT2D eigenvalue weighted by Crippen LogP contribution is 2.19. The lowest BCUT2D eigenvalue weighted by atomic mass is 10.1. The van der Waals surface area contributed by atoms with Gasteiger partial charge in [-0.3, -0.25) is 4.79 Å². The van der Waals surface area contributed by atoms with Gasteiger partial charge in [0.1, 0.15) is 5.82 Å². The minimum Gasteiger partial charge on any atom is -0.349 e. The number of halogens is 2. The Bertz CT molecular complexity index is 601. The lowest BCUT2D eigenvalue weighted by Crippen LogP contribution is -2.28. The number of hydrogen-bond donors (Lipinski definition) is 1. The zero-order valence-electron chi connectivity index (χ0n) is 11.5. The lowest BCUT2D eigenvalue weighted by Gasteiger charge is -2.14. The van der Waals surface area contributed by atoms with Crippen molar-refractivity contribution in [2.75, 3.05) is 5.75 Å². The molecule has 1 amide bonds. The molecule has 0 aliphatic heterocycles. The predicted octanol–water partition coefficient (Wildman–Crippen LogP) is 4.56. The van der Waals surface area contributed by atoms with E-state index in [9.17, 15) is 9.18 Å². The first kappa shape index (κ1) is 16.0. The Labute approximate surface area is 136 Å². The summed E-state index contributed by atoms with van der Waals surface area (Å²) in [5.74, 6) is -0.000583. The number of carbonyl (C=O) groups is 1. The van der Waals surface area contributed by atoms with E-state index in [-0.39, 0.29) is 17.8 Å². The van der Waals surface area contributed by atoms with Gasteiger partial charge in [-0.05, 0) is 48.9 Å². The Balaban J connectivity index is 1.83. The van der Waals surface area contributed by atoms with Gasteiger partial charge in [0.2, 0.25) is 5.91 Å². The molecule has 0 heterocycles. The third-order valence-corrected chi connectivity index (χ3v) is 4.47. The Morgan fingerprint density at radius 3 is 2.43 bits per heavy atom. The summed E-state index contributed by atoms with van der Waals surface area (Å²) in [5.41, 5.74) is 1.05. The van der Waals surface area contributed by atoms with Gasteiger partial charge in [-0.15, -0.1) is 11.8 Å². The minimum absolute atomic E-state index is 0.0419. The molecule has 0 bridgehead atoms. The third kappa shape index (κ3) is 5.17. The van der Waals surface area contributed by atoms with Crippen LogP contribution in [0.25, 0.3) is 0 Å². The van der Waals surface area contributed by atoms with E-state index >= 15 is 0 Å². The van der Waals surface area contributed by atoms with Crippen LogP contribution in [0.15, 0.2) is 57.9 Å². The molecule has 1 atom stereocenters. The van der Waals surface area contributed by atoms with Gasteiger partial charge in [-0.1, -0.05) is 28.1 Å². The van der Waals surface area contributed by atoms with E-state index in [0.29, 0.717) is 5.75 Å². The molecule has 0 aliphatic carbocycles. The maximum absolute atomic E-state index is 12.8. The van der Waals surface area contributed by atoms with Crippen LogP contribution in [-0.4, -0.2) is 11.7 Å². The van der Waals surface area contributed by atoms with Crippen LogP contribution in [-0.2, 0) is 4.79 Å². The second-order valence-electron chi connectivity index (χ2n) is 4.58. The number of carbonyl (C=O) groups excluding carboxylic acids is 1. The summed E-state index contributed by atoms with van der Waals surface area (Å²) in [4.78, 5) is 12.8. The van der Waals surface area contributed by atoms with Crippen LogP contribution in [0, 0.1) is 5.82 Å². The van der Waals surface area contributed by atoms with Gasteiger partial charge in [-0.25, -0.2) is 4.39 Å². The molecule has 2 aromatic rings. The molecule has 5 heteroatoms. The van der Waals surface area contributed by atoms with E-state index in [1.807, 2.05) is 31.2 Å². The second kappa shape index (κ2) is 7.61. The predicted molar refractivity (Wildman–Crippen MR) is 87.8 cm³/mol. The zero-order valence-corrected chi connectivity index (χ0v) is 13.9. The molecule has 0 aliphatic rings. The zero-order chi connectivity index (χ0) is 15.2. The van der Waals surface area contributed by atoms with Crippen molar-refractivity contribution < 1.29 is 9.18 Å². The Hall–Kier alpha value is -1.33. The van der Waals surface area contributed by atoms with E-state index in [2.05, 4.69) is 21.2 Å². The fourth-order valence-electron chi connectivity index (χ4n) is 1.80. The summed E-state index contributed by atoms with van der Waals surface area (Å²) < 4.78 is 13.8. The molecule has 2 nitrogen and oxygen atoms in total. The largest absolute Gasteiger partial charge is 0.349 e. The summed E-state index contributed by atoms with van der Waals surface area (Å²) in [6.07, 6.45) is 0. The van der Waals surface area contributed by atoms with Gasteiger partial charge in [0.15, 0.2) is 0 Å². The first-order valence-corrected chi connectivity index (χ1v) is 8.25. The fourth-order valence-corrected chi connectivity index (χ4v) is 2.77. The van der Waals surface area contributed by atoms with Crippen molar-refractivity contribution in [3.63, 3.8) is 0 Å². The molecule has 21 heavy (non-hydrogen) atoms. The molecule has 2 rings (SSSR count). The van der Waals surface area contributed by atoms with E-state index in [4.69, 9.17) is 0 Å². The van der Waals surface area contributed by atoms with Crippen LogP contribution in [0.4, 0.5) is 4.39 Å². The normalized spacial score (nSPS) is 12.0. The van der Waals surface area contributed by atoms with Crippen molar-refractivity contribution in [1.29, 1.82) is 0 Å². The van der Waals surface area contributed by atoms with Crippen molar-refractivity contribution in [3.8, 4) is 0 Å². The molecule has 1 N–H and O–H groups in total. The third-order valence-electron chi connectivity index (χ3n) is 2.93. The average Bonchev–Trinajstić information content (AvgIpc) is 2.47. The summed E-state index contributed by atoms with van der Waals surface area (Å²) in [7, 11) is 0. The summed E-state index contributed by atoms with van der Waals surface area (Å²) >= 11 is 4.77. The monoisotopic (exact) mass is 367 g/mol. The van der Waals surface area contributed by atoms with Crippen molar-refractivity contribution in [1.82, 2.24) is 5.32 Å². The number of rotatable bonds is 5. The van der Waals surface area contributed by atoms with Crippen LogP contribution in [0.1, 0.15) is 18.5 Å². The number of benzene rings is 2. The van der Waals surface area contributed by atoms with E-state index in [0.717, 1.165) is 14.9 Å². The molecule has 0 saturated carbocycles. The highest BCUT2D eigenvalue weighted by molar-refractivity contribution is 9.10. The number of thioether (sulfide) groups is 1. The summed E-state index contributed by atoms with van der Waals surface area (Å²) in [5, 5.41) is 2.95. The molecule has 0 fully saturated rings. The minimum atomic E-state index is -0.271. The summed E-state index contributed by atoms with van der Waals surface area (Å²) in [6, 6.07) is 13.9. The van der Waals surface area contributed by atoms with Crippen molar-refractivity contribution >= 4 is 33.6 Å². The maximum Gasteiger partial charge on any atom is 0.230 e. The van der Waals surface area contributed by atoms with Gasteiger partial charge in [0, 0.05) is 9.37 Å². The number of nitrogens with one attached hydrogen (secondary N) is 1. The van der Waals surface area contributed by atoms with Crippen LogP contribution >= 0.6 is 27.7 Å². The topological polar surface area (TPSA) is 29.1 Å². The first-order valence-electron chi connectivity index (χ1n) is 6.48. The summed E-state index contributed by atoms with van der Waals surface area (Å²) in [6.45, 7) is 1.95. The van der Waals surface area contributed by atoms with Crippen LogP contribution in [0.5, 0.6) is 0 Å². The van der Waals surface area contributed by atoms with E-state index in [1.54, 1.807) is 12.1 Å². The van der Waals surface area contributed by atoms with Crippen LogP contribution in [0.2, 0.25) is 0 Å². The van der Waals surface area contributed by atoms with Gasteiger partial charge < -0.3 is 5.32 Å². The fraction of sp³-hybridized carbons (Fsp3) is 0.188. The van der Waals surface area contributed by atoms with E-state index in [1.165, 1.54) is 23.9 Å². The molecule has 0 spiro atoms. The van der Waals surface area contributed by atoms with Crippen molar-refractivity contribution in [2.45, 2.75) is 17.9 Å². The van der Waals surface area contributed by atoms with Gasteiger partial charge in [0.05, 0.1) is 11.8 Å². The number of amides is 1. The van der Waals surface area contributed by atoms with Gasteiger partial charge in [-0.2, -0.15) is 0 Å². The second-order valence-corrected chi connectivity index (χ2v) is 6.55. The van der Waals surface area contributed by atoms with Crippen molar-refractivity contribution in [3.05, 3.63) is 64.4 Å².